The van der Waals surface area contributed by atoms with Crippen LogP contribution >= 0.6 is 0 Å². The number of hydrogen-bond donors (Lipinski definition) is 1. The summed E-state index contributed by atoms with van der Waals surface area (Å²) in [6, 6.07) is 19.3. The summed E-state index contributed by atoms with van der Waals surface area (Å²) in [5, 5.41) is 0. The van der Waals surface area contributed by atoms with E-state index in [-0.39, 0.29) is 0 Å². The first-order valence-corrected chi connectivity index (χ1v) is 10.3. The van der Waals surface area contributed by atoms with Gasteiger partial charge in [0.2, 0.25) is 0 Å². The maximum Gasteiger partial charge on any atom is 0.138 e. The van der Waals surface area contributed by atoms with Gasteiger partial charge in [0.05, 0.1) is 18.5 Å². The molecule has 28 heavy (non-hydrogen) atoms. The van der Waals surface area contributed by atoms with Gasteiger partial charge < -0.3 is 9.72 Å². The molecule has 4 rings (SSSR count). The number of H-pyrrole nitrogens is 1. The van der Waals surface area contributed by atoms with Crippen LogP contribution in [0.5, 0.6) is 5.75 Å². The van der Waals surface area contributed by atoms with Crippen molar-refractivity contribution in [3.05, 3.63) is 73.1 Å². The van der Waals surface area contributed by atoms with Crippen molar-refractivity contribution in [1.29, 1.82) is 0 Å². The van der Waals surface area contributed by atoms with Crippen LogP contribution in [0.2, 0.25) is 0 Å². The standard InChI is InChI=1S/C22H19N3O2S/c1-27-19-6-4-3-5-18(19)21-20(15-11-13-23-14-12-15)24-22(25-21)16-7-9-17(10-8-16)28(2)26/h3-14H,1-2H3,(H,24,25). The molecule has 0 saturated carbocycles. The summed E-state index contributed by atoms with van der Waals surface area (Å²) in [5.74, 6) is 1.51. The van der Waals surface area contributed by atoms with E-state index in [4.69, 9.17) is 9.72 Å². The predicted octanol–water partition coefficient (Wildman–Crippen LogP) is 4.55. The quantitative estimate of drug-likeness (QED) is 0.544. The number of aromatic amines is 1. The highest BCUT2D eigenvalue weighted by atomic mass is 32.2. The molecule has 2 aromatic carbocycles. The Kier molecular flexibility index (Phi) is 5.04. The Morgan fingerprint density at radius 3 is 2.32 bits per heavy atom. The number of pyridine rings is 1. The van der Waals surface area contributed by atoms with Gasteiger partial charge in [-0.05, 0) is 36.4 Å². The lowest BCUT2D eigenvalue weighted by molar-refractivity contribution is 0.416. The maximum atomic E-state index is 11.7. The molecule has 1 N–H and O–H groups in total. The van der Waals surface area contributed by atoms with E-state index in [1.54, 1.807) is 25.8 Å². The Hall–Kier alpha value is -3.25. The molecule has 0 amide bonds. The normalized spacial score (nSPS) is 11.9. The van der Waals surface area contributed by atoms with E-state index in [1.807, 2.05) is 60.7 Å². The molecule has 0 aliphatic carbocycles. The van der Waals surface area contributed by atoms with E-state index in [0.717, 1.165) is 44.5 Å². The van der Waals surface area contributed by atoms with Crippen LogP contribution in [0.15, 0.2) is 78.0 Å². The fraction of sp³-hybridized carbons (Fsp3) is 0.0909. The summed E-state index contributed by atoms with van der Waals surface area (Å²) in [4.78, 5) is 13.2. The molecule has 1 atom stereocenters. The molecule has 0 fully saturated rings. The van der Waals surface area contributed by atoms with Gasteiger partial charge in [0.25, 0.3) is 0 Å². The van der Waals surface area contributed by atoms with Crippen molar-refractivity contribution in [1.82, 2.24) is 15.0 Å². The summed E-state index contributed by atoms with van der Waals surface area (Å²) < 4.78 is 17.2. The minimum atomic E-state index is -1.01. The van der Waals surface area contributed by atoms with E-state index in [0.29, 0.717) is 0 Å². The molecular weight excluding hydrogens is 370 g/mol. The van der Waals surface area contributed by atoms with Crippen molar-refractivity contribution in [3.8, 4) is 39.7 Å². The van der Waals surface area contributed by atoms with Crippen molar-refractivity contribution < 1.29 is 8.95 Å². The Morgan fingerprint density at radius 2 is 1.64 bits per heavy atom. The van der Waals surface area contributed by atoms with Crippen molar-refractivity contribution in [3.63, 3.8) is 0 Å². The third-order valence-electron chi connectivity index (χ3n) is 4.49. The molecule has 0 aliphatic rings. The van der Waals surface area contributed by atoms with E-state index < -0.39 is 10.8 Å². The molecular formula is C22H19N3O2S. The second-order valence-corrected chi connectivity index (χ2v) is 7.60. The second kappa shape index (κ2) is 7.78. The van der Waals surface area contributed by atoms with Crippen molar-refractivity contribution in [2.24, 2.45) is 0 Å². The van der Waals surface area contributed by atoms with Gasteiger partial charge in [-0.2, -0.15) is 0 Å². The number of methoxy groups -OCH3 is 1. The predicted molar refractivity (Wildman–Crippen MR) is 112 cm³/mol. The van der Waals surface area contributed by atoms with Crippen molar-refractivity contribution in [2.45, 2.75) is 4.90 Å². The molecule has 1 unspecified atom stereocenters. The van der Waals surface area contributed by atoms with Gasteiger partial charge >= 0.3 is 0 Å². The van der Waals surface area contributed by atoms with Crippen LogP contribution in [-0.2, 0) is 10.8 Å². The third kappa shape index (κ3) is 3.46. The smallest absolute Gasteiger partial charge is 0.138 e. The first-order valence-electron chi connectivity index (χ1n) is 8.75. The lowest BCUT2D eigenvalue weighted by Gasteiger charge is -2.08. The number of hydrogen-bond acceptors (Lipinski definition) is 4. The average Bonchev–Trinajstić information content (AvgIpc) is 3.19. The zero-order valence-corrected chi connectivity index (χ0v) is 16.4. The number of rotatable bonds is 5. The zero-order valence-electron chi connectivity index (χ0n) is 15.5. The first-order chi connectivity index (χ1) is 13.7. The topological polar surface area (TPSA) is 67.9 Å². The first kappa shape index (κ1) is 18.1. The highest BCUT2D eigenvalue weighted by molar-refractivity contribution is 7.84. The Labute approximate surface area is 165 Å². The second-order valence-electron chi connectivity index (χ2n) is 6.22. The van der Waals surface area contributed by atoms with Crippen LogP contribution in [0.3, 0.4) is 0 Å². The molecule has 2 heterocycles. The van der Waals surface area contributed by atoms with Gasteiger partial charge in [-0.1, -0.05) is 24.3 Å². The number of nitrogens with zero attached hydrogens (tertiary/aromatic N) is 2. The summed E-state index contributed by atoms with van der Waals surface area (Å²) in [7, 11) is 0.648. The minimum absolute atomic E-state index is 0.737. The van der Waals surface area contributed by atoms with E-state index in [1.165, 1.54) is 0 Å². The highest BCUT2D eigenvalue weighted by Crippen LogP contribution is 2.37. The molecule has 0 saturated heterocycles. The zero-order chi connectivity index (χ0) is 19.5. The summed E-state index contributed by atoms with van der Waals surface area (Å²) in [6.07, 6.45) is 5.17. The number of benzene rings is 2. The van der Waals surface area contributed by atoms with E-state index in [9.17, 15) is 4.21 Å². The summed E-state index contributed by atoms with van der Waals surface area (Å²) in [6.45, 7) is 0. The Balaban J connectivity index is 1.88. The number of ether oxygens (including phenoxy) is 1. The number of para-hydroxylation sites is 1. The van der Waals surface area contributed by atoms with Crippen LogP contribution in [0.1, 0.15) is 0 Å². The van der Waals surface area contributed by atoms with Crippen LogP contribution in [0.4, 0.5) is 0 Å². The monoisotopic (exact) mass is 389 g/mol. The number of nitrogens with one attached hydrogen (secondary N) is 1. The Morgan fingerprint density at radius 1 is 0.929 bits per heavy atom. The van der Waals surface area contributed by atoms with Gasteiger partial charge in [-0.3, -0.25) is 9.19 Å². The molecule has 4 aromatic rings. The molecule has 0 radical (unpaired) electrons. The molecule has 0 aliphatic heterocycles. The minimum Gasteiger partial charge on any atom is -0.496 e. The molecule has 0 spiro atoms. The SMILES string of the molecule is COc1ccccc1-c1[nH]c(-c2ccc(S(C)=O)cc2)nc1-c1ccncc1. The molecule has 2 aromatic heterocycles. The van der Waals surface area contributed by atoms with Crippen LogP contribution < -0.4 is 4.74 Å². The lowest BCUT2D eigenvalue weighted by Crippen LogP contribution is -1.90. The fourth-order valence-corrected chi connectivity index (χ4v) is 3.60. The number of imidazole rings is 1. The lowest BCUT2D eigenvalue weighted by atomic mass is 10.1. The fourth-order valence-electron chi connectivity index (χ4n) is 3.08. The molecule has 140 valence electrons. The van der Waals surface area contributed by atoms with Crippen LogP contribution in [0, 0.1) is 0 Å². The van der Waals surface area contributed by atoms with E-state index >= 15 is 0 Å². The number of aromatic nitrogens is 3. The largest absolute Gasteiger partial charge is 0.496 e. The van der Waals surface area contributed by atoms with Gasteiger partial charge in [-0.15, -0.1) is 0 Å². The maximum absolute atomic E-state index is 11.7. The van der Waals surface area contributed by atoms with Crippen LogP contribution in [-0.4, -0.2) is 32.5 Å². The van der Waals surface area contributed by atoms with E-state index in [2.05, 4.69) is 9.97 Å². The van der Waals surface area contributed by atoms with Crippen LogP contribution in [0.25, 0.3) is 33.9 Å². The third-order valence-corrected chi connectivity index (χ3v) is 5.43. The summed E-state index contributed by atoms with van der Waals surface area (Å²) in [5.41, 5.74) is 4.52. The van der Waals surface area contributed by atoms with Crippen molar-refractivity contribution >= 4 is 10.8 Å². The van der Waals surface area contributed by atoms with Crippen molar-refractivity contribution in [2.75, 3.05) is 13.4 Å². The van der Waals surface area contributed by atoms with Gasteiger partial charge in [0.15, 0.2) is 0 Å². The summed E-state index contributed by atoms with van der Waals surface area (Å²) >= 11 is 0. The van der Waals surface area contributed by atoms with Gasteiger partial charge in [0.1, 0.15) is 11.6 Å². The molecule has 0 bridgehead atoms. The molecule has 5 nitrogen and oxygen atoms in total. The molecule has 6 heteroatoms. The highest BCUT2D eigenvalue weighted by Gasteiger charge is 2.18. The average molecular weight is 389 g/mol. The van der Waals surface area contributed by atoms with Gasteiger partial charge in [0, 0.05) is 51.0 Å². The Bertz CT molecular complexity index is 1120. The van der Waals surface area contributed by atoms with Gasteiger partial charge in [-0.25, -0.2) is 4.98 Å².